The minimum Gasteiger partial charge on any atom is -0.466 e. The van der Waals surface area contributed by atoms with E-state index < -0.39 is 0 Å². The van der Waals surface area contributed by atoms with Crippen molar-refractivity contribution in [2.45, 2.75) is 19.9 Å². The zero-order valence-corrected chi connectivity index (χ0v) is 12.4. The fraction of sp³-hybridized carbons (Fsp3) is 0.312. The summed E-state index contributed by atoms with van der Waals surface area (Å²) in [6, 6.07) is 6.91. The lowest BCUT2D eigenvalue weighted by Crippen LogP contribution is -2.32. The van der Waals surface area contributed by atoms with Crippen LogP contribution in [-0.2, 0) is 16.1 Å². The Labute approximate surface area is 128 Å². The van der Waals surface area contributed by atoms with E-state index in [9.17, 15) is 9.59 Å². The van der Waals surface area contributed by atoms with Crippen molar-refractivity contribution in [1.29, 1.82) is 0 Å². The van der Waals surface area contributed by atoms with Crippen LogP contribution in [0.1, 0.15) is 29.5 Å². The lowest BCUT2D eigenvalue weighted by atomic mass is 10.2. The van der Waals surface area contributed by atoms with Gasteiger partial charge in [-0.25, -0.2) is 0 Å². The van der Waals surface area contributed by atoms with Crippen molar-refractivity contribution in [1.82, 2.24) is 9.88 Å². The molecule has 0 saturated carbocycles. The van der Waals surface area contributed by atoms with E-state index in [2.05, 4.69) is 4.98 Å². The highest BCUT2D eigenvalue weighted by molar-refractivity contribution is 5.91. The predicted molar refractivity (Wildman–Crippen MR) is 78.9 cm³/mol. The van der Waals surface area contributed by atoms with Crippen molar-refractivity contribution in [3.8, 4) is 0 Å². The van der Waals surface area contributed by atoms with Crippen molar-refractivity contribution >= 4 is 11.9 Å². The molecule has 0 aliphatic rings. The van der Waals surface area contributed by atoms with Gasteiger partial charge in [0.15, 0.2) is 5.76 Å². The molecule has 6 heteroatoms. The molecule has 2 aromatic rings. The summed E-state index contributed by atoms with van der Waals surface area (Å²) in [5.74, 6) is -0.335. The van der Waals surface area contributed by atoms with Gasteiger partial charge in [0.25, 0.3) is 5.91 Å². The first-order chi connectivity index (χ1) is 10.7. The Morgan fingerprint density at radius 3 is 2.68 bits per heavy atom. The largest absolute Gasteiger partial charge is 0.466 e. The molecule has 1 amide bonds. The number of pyridine rings is 1. The Hall–Kier alpha value is -2.63. The number of amides is 1. The van der Waals surface area contributed by atoms with Crippen LogP contribution in [0.2, 0.25) is 0 Å². The summed E-state index contributed by atoms with van der Waals surface area (Å²) in [5, 5.41) is 0. The van der Waals surface area contributed by atoms with Crippen LogP contribution < -0.4 is 0 Å². The molecule has 0 aromatic carbocycles. The molecule has 0 spiro atoms. The maximum absolute atomic E-state index is 12.4. The van der Waals surface area contributed by atoms with E-state index in [0.29, 0.717) is 13.2 Å². The molecule has 0 saturated heterocycles. The monoisotopic (exact) mass is 302 g/mol. The first-order valence-corrected chi connectivity index (χ1v) is 7.08. The smallest absolute Gasteiger partial charge is 0.307 e. The standard InChI is InChI=1S/C16H18N2O4/c1-2-21-15(19)7-10-18(12-13-5-8-17-9-6-13)16(20)14-4-3-11-22-14/h3-6,8-9,11H,2,7,10,12H2,1H3. The molecule has 6 nitrogen and oxygen atoms in total. The average molecular weight is 302 g/mol. The van der Waals surface area contributed by atoms with Gasteiger partial charge in [-0.05, 0) is 36.8 Å². The van der Waals surface area contributed by atoms with Crippen LogP contribution in [0.25, 0.3) is 0 Å². The third-order valence-corrected chi connectivity index (χ3v) is 3.03. The Balaban J connectivity index is 2.06. The quantitative estimate of drug-likeness (QED) is 0.734. The third-order valence-electron chi connectivity index (χ3n) is 3.03. The number of furan rings is 1. The molecule has 0 atom stereocenters. The molecule has 22 heavy (non-hydrogen) atoms. The molecule has 2 aromatic heterocycles. The summed E-state index contributed by atoms with van der Waals surface area (Å²) in [6.07, 6.45) is 4.92. The number of carbonyl (C=O) groups excluding carboxylic acids is 2. The van der Waals surface area contributed by atoms with Gasteiger partial charge in [-0.15, -0.1) is 0 Å². The molecule has 0 N–H and O–H groups in total. The molecule has 0 radical (unpaired) electrons. The fourth-order valence-electron chi connectivity index (χ4n) is 1.98. The number of ether oxygens (including phenoxy) is 1. The third kappa shape index (κ3) is 4.44. The van der Waals surface area contributed by atoms with Crippen molar-refractivity contribution in [2.75, 3.05) is 13.2 Å². The van der Waals surface area contributed by atoms with Crippen molar-refractivity contribution in [3.63, 3.8) is 0 Å². The van der Waals surface area contributed by atoms with Gasteiger partial charge in [-0.2, -0.15) is 0 Å². The van der Waals surface area contributed by atoms with E-state index in [1.54, 1.807) is 36.4 Å². The second-order valence-corrected chi connectivity index (χ2v) is 4.61. The fourth-order valence-corrected chi connectivity index (χ4v) is 1.98. The summed E-state index contributed by atoms with van der Waals surface area (Å²) < 4.78 is 10.1. The first-order valence-electron chi connectivity index (χ1n) is 7.08. The summed E-state index contributed by atoms with van der Waals surface area (Å²) >= 11 is 0. The summed E-state index contributed by atoms with van der Waals surface area (Å²) in [5.41, 5.74) is 0.929. The highest BCUT2D eigenvalue weighted by Gasteiger charge is 2.19. The van der Waals surface area contributed by atoms with Crippen LogP contribution in [0.3, 0.4) is 0 Å². The molecule has 0 aliphatic carbocycles. The molecular formula is C16H18N2O4. The highest BCUT2D eigenvalue weighted by Crippen LogP contribution is 2.11. The molecule has 0 aliphatic heterocycles. The number of nitrogens with zero attached hydrogens (tertiary/aromatic N) is 2. The first kappa shape index (κ1) is 15.8. The molecular weight excluding hydrogens is 284 g/mol. The number of carbonyl (C=O) groups is 2. The van der Waals surface area contributed by atoms with Gasteiger partial charge in [-0.3, -0.25) is 14.6 Å². The lowest BCUT2D eigenvalue weighted by Gasteiger charge is -2.21. The summed E-state index contributed by atoms with van der Waals surface area (Å²) in [7, 11) is 0. The van der Waals surface area contributed by atoms with E-state index >= 15 is 0 Å². The molecule has 0 unspecified atom stereocenters. The van der Waals surface area contributed by atoms with Crippen molar-refractivity contribution < 1.29 is 18.7 Å². The van der Waals surface area contributed by atoms with E-state index in [1.165, 1.54) is 6.26 Å². The Bertz CT molecular complexity index is 596. The second-order valence-electron chi connectivity index (χ2n) is 4.61. The molecule has 2 heterocycles. The van der Waals surface area contributed by atoms with Gasteiger partial charge < -0.3 is 14.1 Å². The van der Waals surface area contributed by atoms with Crippen LogP contribution in [0, 0.1) is 0 Å². The minimum atomic E-state index is -0.325. The van der Waals surface area contributed by atoms with Gasteiger partial charge in [0.05, 0.1) is 19.3 Å². The van der Waals surface area contributed by atoms with E-state index in [-0.39, 0.29) is 30.6 Å². The molecule has 2 rings (SSSR count). The highest BCUT2D eigenvalue weighted by atomic mass is 16.5. The normalized spacial score (nSPS) is 10.2. The van der Waals surface area contributed by atoms with Crippen LogP contribution >= 0.6 is 0 Å². The molecule has 0 fully saturated rings. The zero-order chi connectivity index (χ0) is 15.8. The molecule has 116 valence electrons. The summed E-state index contributed by atoms with van der Waals surface area (Å²) in [4.78, 5) is 29.5. The van der Waals surface area contributed by atoms with E-state index in [0.717, 1.165) is 5.56 Å². The number of hydrogen-bond acceptors (Lipinski definition) is 5. The van der Waals surface area contributed by atoms with E-state index in [4.69, 9.17) is 9.15 Å². The second kappa shape index (κ2) is 7.97. The van der Waals surface area contributed by atoms with E-state index in [1.807, 2.05) is 12.1 Å². The Morgan fingerprint density at radius 1 is 1.27 bits per heavy atom. The maximum Gasteiger partial charge on any atom is 0.307 e. The Kier molecular flexibility index (Phi) is 5.71. The SMILES string of the molecule is CCOC(=O)CCN(Cc1ccncc1)C(=O)c1ccco1. The van der Waals surface area contributed by atoms with Crippen molar-refractivity contribution in [2.24, 2.45) is 0 Å². The maximum atomic E-state index is 12.4. The minimum absolute atomic E-state index is 0.144. The van der Waals surface area contributed by atoms with Gasteiger partial charge in [0.2, 0.25) is 0 Å². The van der Waals surface area contributed by atoms with Crippen LogP contribution in [0.5, 0.6) is 0 Å². The average Bonchev–Trinajstić information content (AvgIpc) is 3.06. The molecule has 0 bridgehead atoms. The predicted octanol–water partition coefficient (Wildman–Crippen LogP) is 2.27. The van der Waals surface area contributed by atoms with Gasteiger partial charge in [0, 0.05) is 25.5 Å². The van der Waals surface area contributed by atoms with Crippen LogP contribution in [-0.4, -0.2) is 34.9 Å². The zero-order valence-electron chi connectivity index (χ0n) is 12.4. The van der Waals surface area contributed by atoms with Gasteiger partial charge in [0.1, 0.15) is 0 Å². The summed E-state index contributed by atoms with van der Waals surface area (Å²) in [6.45, 7) is 2.72. The number of aromatic nitrogens is 1. The topological polar surface area (TPSA) is 72.6 Å². The number of hydrogen-bond donors (Lipinski definition) is 0. The van der Waals surface area contributed by atoms with Gasteiger partial charge >= 0.3 is 5.97 Å². The van der Waals surface area contributed by atoms with Crippen LogP contribution in [0.4, 0.5) is 0 Å². The van der Waals surface area contributed by atoms with Gasteiger partial charge in [-0.1, -0.05) is 0 Å². The van der Waals surface area contributed by atoms with Crippen LogP contribution in [0.15, 0.2) is 47.3 Å². The lowest BCUT2D eigenvalue weighted by molar-refractivity contribution is -0.143. The number of rotatable bonds is 7. The van der Waals surface area contributed by atoms with Crippen molar-refractivity contribution in [3.05, 3.63) is 54.2 Å². The number of esters is 1. The Morgan fingerprint density at radius 2 is 2.05 bits per heavy atom.